The molecule has 0 radical (unpaired) electrons. The van der Waals surface area contributed by atoms with Gasteiger partial charge in [0.2, 0.25) is 0 Å². The summed E-state index contributed by atoms with van der Waals surface area (Å²) < 4.78 is 41.2. The van der Waals surface area contributed by atoms with Gasteiger partial charge in [0.15, 0.2) is 11.6 Å². The van der Waals surface area contributed by atoms with Gasteiger partial charge in [0, 0.05) is 18.5 Å². The number of benzene rings is 2. The normalized spacial score (nSPS) is 22.1. The second-order valence-corrected chi connectivity index (χ2v) is 11.3. The Labute approximate surface area is 227 Å². The Hall–Kier alpha value is -3.07. The molecule has 0 unspecified atom stereocenters. The number of hydrogen-bond donors (Lipinski definition) is 2. The number of halogens is 3. The molecule has 2 N–H and O–H groups in total. The van der Waals surface area contributed by atoms with Gasteiger partial charge >= 0.3 is 12.1 Å². The van der Waals surface area contributed by atoms with E-state index in [9.17, 15) is 22.8 Å². The number of imide groups is 1. The number of nitrogens with zero attached hydrogens (tertiary/aromatic N) is 2. The molecular formula is C30H37F3N4O2. The van der Waals surface area contributed by atoms with Crippen molar-refractivity contribution in [3.63, 3.8) is 0 Å². The van der Waals surface area contributed by atoms with E-state index in [1.165, 1.54) is 28.7 Å². The van der Waals surface area contributed by atoms with Crippen molar-refractivity contribution >= 4 is 12.1 Å². The van der Waals surface area contributed by atoms with Gasteiger partial charge in [-0.2, -0.15) is 0 Å². The average molecular weight is 543 g/mol. The van der Waals surface area contributed by atoms with Crippen LogP contribution in [0.5, 0.6) is 0 Å². The number of carbonyl (C=O) groups excluding carboxylic acids is 2. The number of hydrogen-bond acceptors (Lipinski definition) is 3. The maximum Gasteiger partial charge on any atom is 0.326 e. The van der Waals surface area contributed by atoms with Crippen molar-refractivity contribution < 1.29 is 22.8 Å². The fourth-order valence-electron chi connectivity index (χ4n) is 6.73. The van der Waals surface area contributed by atoms with Crippen LogP contribution in [-0.2, 0) is 0 Å². The Bertz CT molecular complexity index is 1160. The third kappa shape index (κ3) is 6.08. The van der Waals surface area contributed by atoms with E-state index in [0.29, 0.717) is 24.6 Å². The van der Waals surface area contributed by atoms with E-state index in [2.05, 4.69) is 15.5 Å². The van der Waals surface area contributed by atoms with Gasteiger partial charge in [0.1, 0.15) is 5.82 Å². The molecule has 5 rings (SSSR count). The van der Waals surface area contributed by atoms with Crippen LogP contribution < -0.4 is 10.6 Å². The highest BCUT2D eigenvalue weighted by Crippen LogP contribution is 2.50. The van der Waals surface area contributed by atoms with Crippen LogP contribution in [-0.4, -0.2) is 54.6 Å². The molecule has 9 heteroatoms. The van der Waals surface area contributed by atoms with Gasteiger partial charge in [-0.3, -0.25) is 0 Å². The molecular weight excluding hydrogens is 505 g/mol. The molecule has 210 valence electrons. The standard InChI is InChI=1S/C30H37F3N4O2/c31-24-8-5-21(6-9-24)22-11-17-36(18-12-22)16-4-15-34-28(38)37-27(23-7-10-25(32)26(33)19-23)30(20-35-29(37)39)13-2-1-3-14-30/h5-10,19,22,27H,1-4,11-18,20H2,(H,34,38)(H,35,39)/t27-/m1/s1. The van der Waals surface area contributed by atoms with E-state index in [-0.39, 0.29) is 5.82 Å². The van der Waals surface area contributed by atoms with Gasteiger partial charge in [-0.15, -0.1) is 0 Å². The summed E-state index contributed by atoms with van der Waals surface area (Å²) in [6.07, 6.45) is 7.33. The molecule has 2 saturated heterocycles. The number of nitrogens with one attached hydrogen (secondary N) is 2. The fraction of sp³-hybridized carbons (Fsp3) is 0.533. The molecule has 0 bridgehead atoms. The van der Waals surface area contributed by atoms with Crippen molar-refractivity contribution in [2.75, 3.05) is 32.7 Å². The summed E-state index contributed by atoms with van der Waals surface area (Å²) in [7, 11) is 0. The highest BCUT2D eigenvalue weighted by molar-refractivity contribution is 5.95. The largest absolute Gasteiger partial charge is 0.338 e. The molecule has 6 nitrogen and oxygen atoms in total. The zero-order valence-electron chi connectivity index (χ0n) is 22.2. The van der Waals surface area contributed by atoms with Crippen molar-refractivity contribution in [3.05, 3.63) is 71.0 Å². The Morgan fingerprint density at radius 3 is 2.33 bits per heavy atom. The Morgan fingerprint density at radius 2 is 1.64 bits per heavy atom. The Morgan fingerprint density at radius 1 is 0.949 bits per heavy atom. The number of urea groups is 2. The SMILES string of the molecule is O=C(NCCCN1CCC(c2ccc(F)cc2)CC1)N1C(=O)NCC2(CCCCC2)[C@H]1c1ccc(F)c(F)c1. The molecule has 2 aromatic carbocycles. The summed E-state index contributed by atoms with van der Waals surface area (Å²) in [6.45, 7) is 3.50. The molecule has 0 aromatic heterocycles. The third-order valence-electron chi connectivity index (χ3n) is 8.83. The number of likely N-dealkylation sites (tertiary alicyclic amines) is 1. The lowest BCUT2D eigenvalue weighted by molar-refractivity contribution is 0.0404. The predicted molar refractivity (Wildman–Crippen MR) is 143 cm³/mol. The number of amides is 4. The first-order valence-electron chi connectivity index (χ1n) is 14.1. The zero-order valence-corrected chi connectivity index (χ0v) is 22.2. The lowest BCUT2D eigenvalue weighted by Gasteiger charge is -2.51. The van der Waals surface area contributed by atoms with Crippen LogP contribution >= 0.6 is 0 Å². The van der Waals surface area contributed by atoms with Gasteiger partial charge in [-0.05, 0) is 93.0 Å². The second-order valence-electron chi connectivity index (χ2n) is 11.3. The van der Waals surface area contributed by atoms with Gasteiger partial charge in [-0.1, -0.05) is 37.5 Å². The van der Waals surface area contributed by atoms with Crippen molar-refractivity contribution in [1.82, 2.24) is 20.4 Å². The Balaban J connectivity index is 1.18. The highest BCUT2D eigenvalue weighted by Gasteiger charge is 2.51. The van der Waals surface area contributed by atoms with Crippen LogP contribution in [0.1, 0.15) is 74.5 Å². The van der Waals surface area contributed by atoms with E-state index in [1.54, 1.807) is 0 Å². The first-order chi connectivity index (χ1) is 18.9. The molecule has 4 amide bonds. The van der Waals surface area contributed by atoms with Gasteiger partial charge < -0.3 is 15.5 Å². The van der Waals surface area contributed by atoms with E-state index in [1.807, 2.05) is 12.1 Å². The minimum absolute atomic E-state index is 0.217. The van der Waals surface area contributed by atoms with Crippen molar-refractivity contribution in [2.24, 2.45) is 5.41 Å². The van der Waals surface area contributed by atoms with Crippen LogP contribution in [0, 0.1) is 22.9 Å². The smallest absolute Gasteiger partial charge is 0.326 e. The summed E-state index contributed by atoms with van der Waals surface area (Å²) in [4.78, 5) is 29.9. The third-order valence-corrected chi connectivity index (χ3v) is 8.83. The molecule has 2 aliphatic heterocycles. The minimum Gasteiger partial charge on any atom is -0.338 e. The molecule has 1 aliphatic carbocycles. The van der Waals surface area contributed by atoms with Crippen LogP contribution in [0.25, 0.3) is 0 Å². The minimum atomic E-state index is -0.979. The topological polar surface area (TPSA) is 64.7 Å². The highest BCUT2D eigenvalue weighted by atomic mass is 19.2. The fourth-order valence-corrected chi connectivity index (χ4v) is 6.73. The lowest BCUT2D eigenvalue weighted by Crippen LogP contribution is -2.62. The predicted octanol–water partition coefficient (Wildman–Crippen LogP) is 6.10. The summed E-state index contributed by atoms with van der Waals surface area (Å²) in [5, 5.41) is 5.80. The average Bonchev–Trinajstić information content (AvgIpc) is 2.95. The van der Waals surface area contributed by atoms with E-state index < -0.39 is 35.2 Å². The summed E-state index contributed by atoms with van der Waals surface area (Å²) in [5.41, 5.74) is 1.21. The molecule has 39 heavy (non-hydrogen) atoms. The van der Waals surface area contributed by atoms with Crippen LogP contribution in [0.15, 0.2) is 42.5 Å². The van der Waals surface area contributed by atoms with Gasteiger partial charge in [0.25, 0.3) is 0 Å². The monoisotopic (exact) mass is 542 g/mol. The first-order valence-corrected chi connectivity index (χ1v) is 14.1. The maximum absolute atomic E-state index is 14.3. The second kappa shape index (κ2) is 12.0. The van der Waals surface area contributed by atoms with Crippen LogP contribution in [0.2, 0.25) is 0 Å². The van der Waals surface area contributed by atoms with E-state index >= 15 is 0 Å². The Kier molecular flexibility index (Phi) is 8.45. The molecule has 2 aromatic rings. The molecule has 1 atom stereocenters. The number of rotatable bonds is 6. The number of carbonyl (C=O) groups is 2. The summed E-state index contributed by atoms with van der Waals surface area (Å²) >= 11 is 0. The molecule has 1 saturated carbocycles. The van der Waals surface area contributed by atoms with Gasteiger partial charge in [-0.25, -0.2) is 27.7 Å². The van der Waals surface area contributed by atoms with E-state index in [4.69, 9.17) is 0 Å². The molecule has 1 spiro atoms. The summed E-state index contributed by atoms with van der Waals surface area (Å²) in [6, 6.07) is 8.78. The van der Waals surface area contributed by atoms with Crippen molar-refractivity contribution in [3.8, 4) is 0 Å². The zero-order chi connectivity index (χ0) is 27.4. The molecule has 2 heterocycles. The van der Waals surface area contributed by atoms with Crippen LogP contribution in [0.4, 0.5) is 22.8 Å². The van der Waals surface area contributed by atoms with Gasteiger partial charge in [0.05, 0.1) is 6.04 Å². The quantitative estimate of drug-likeness (QED) is 0.434. The van der Waals surface area contributed by atoms with Crippen LogP contribution in [0.3, 0.4) is 0 Å². The maximum atomic E-state index is 14.3. The summed E-state index contributed by atoms with van der Waals surface area (Å²) in [5.74, 6) is -1.72. The van der Waals surface area contributed by atoms with E-state index in [0.717, 1.165) is 83.1 Å². The molecule has 3 fully saturated rings. The molecule has 3 aliphatic rings. The number of piperidine rings is 1. The lowest BCUT2D eigenvalue weighted by atomic mass is 9.65. The van der Waals surface area contributed by atoms with Crippen molar-refractivity contribution in [1.29, 1.82) is 0 Å². The first kappa shape index (κ1) is 27.5. The van der Waals surface area contributed by atoms with Crippen molar-refractivity contribution in [2.45, 2.75) is 63.3 Å².